The van der Waals surface area contributed by atoms with Gasteiger partial charge in [0.15, 0.2) is 0 Å². The van der Waals surface area contributed by atoms with Gasteiger partial charge in [-0.3, -0.25) is 14.9 Å². The Kier molecular flexibility index (Phi) is 6.36. The van der Waals surface area contributed by atoms with Crippen LogP contribution in [-0.4, -0.2) is 23.0 Å². The van der Waals surface area contributed by atoms with Crippen molar-refractivity contribution >= 4 is 29.2 Å². The van der Waals surface area contributed by atoms with Crippen molar-refractivity contribution in [3.05, 3.63) is 21.9 Å². The molecule has 0 radical (unpaired) electrons. The second kappa shape index (κ2) is 7.78. The predicted octanol–water partition coefficient (Wildman–Crippen LogP) is 2.44. The van der Waals surface area contributed by atoms with Crippen LogP contribution in [0.4, 0.5) is 4.79 Å². The zero-order chi connectivity index (χ0) is 16.0. The number of amides is 3. The minimum atomic E-state index is -0.957. The molecular formula is C14H20N2O4S. The van der Waals surface area contributed by atoms with E-state index in [2.05, 4.69) is 10.6 Å². The van der Waals surface area contributed by atoms with Crippen LogP contribution in [0.3, 0.4) is 0 Å². The van der Waals surface area contributed by atoms with Gasteiger partial charge in [0.25, 0.3) is 0 Å². The largest absolute Gasteiger partial charge is 0.481 e. The minimum Gasteiger partial charge on any atom is -0.481 e. The van der Waals surface area contributed by atoms with Crippen molar-refractivity contribution < 1.29 is 19.5 Å². The number of urea groups is 1. The Bertz CT molecular complexity index is 527. The van der Waals surface area contributed by atoms with Gasteiger partial charge in [0.1, 0.15) is 0 Å². The molecule has 2 atom stereocenters. The van der Waals surface area contributed by atoms with Crippen molar-refractivity contribution in [2.75, 3.05) is 0 Å². The first-order chi connectivity index (χ1) is 9.77. The minimum absolute atomic E-state index is 0.00616. The Balaban J connectivity index is 2.39. The highest BCUT2D eigenvalue weighted by atomic mass is 32.1. The highest BCUT2D eigenvalue weighted by Crippen LogP contribution is 2.22. The quantitative estimate of drug-likeness (QED) is 0.752. The lowest BCUT2D eigenvalue weighted by molar-refractivity contribution is -0.138. The molecule has 3 N–H and O–H groups in total. The molecule has 1 aromatic rings. The third kappa shape index (κ3) is 6.40. The Labute approximate surface area is 127 Å². The number of nitrogens with one attached hydrogen (secondary N) is 2. The number of imide groups is 1. The lowest BCUT2D eigenvalue weighted by Gasteiger charge is -2.13. The van der Waals surface area contributed by atoms with Gasteiger partial charge in [0.05, 0.1) is 6.04 Å². The molecule has 116 valence electrons. The maximum Gasteiger partial charge on any atom is 0.321 e. The number of aryl methyl sites for hydroxylation is 1. The van der Waals surface area contributed by atoms with Crippen LogP contribution in [-0.2, 0) is 9.59 Å². The van der Waals surface area contributed by atoms with Gasteiger partial charge in [-0.1, -0.05) is 6.92 Å². The zero-order valence-electron chi connectivity index (χ0n) is 12.3. The molecule has 0 saturated heterocycles. The topological polar surface area (TPSA) is 95.5 Å². The third-order valence-electron chi connectivity index (χ3n) is 2.85. The number of carbonyl (C=O) groups excluding carboxylic acids is 2. The molecule has 0 aliphatic heterocycles. The Hall–Kier alpha value is -1.89. The summed E-state index contributed by atoms with van der Waals surface area (Å²) in [5.41, 5.74) is 0. The lowest BCUT2D eigenvalue weighted by Crippen LogP contribution is -2.40. The normalized spacial score (nSPS) is 13.3. The second-order valence-electron chi connectivity index (χ2n) is 5.10. The van der Waals surface area contributed by atoms with Crippen LogP contribution in [0.15, 0.2) is 12.1 Å². The van der Waals surface area contributed by atoms with E-state index in [1.807, 2.05) is 26.0 Å². The summed E-state index contributed by atoms with van der Waals surface area (Å²) in [6, 6.07) is 3.14. The van der Waals surface area contributed by atoms with E-state index >= 15 is 0 Å². The van der Waals surface area contributed by atoms with E-state index in [1.54, 1.807) is 18.3 Å². The average Bonchev–Trinajstić information content (AvgIpc) is 2.73. The number of carboxylic acid groups (broad SMARTS) is 1. The fourth-order valence-corrected chi connectivity index (χ4v) is 2.73. The van der Waals surface area contributed by atoms with Crippen LogP contribution in [0.1, 0.15) is 42.5 Å². The molecule has 0 aromatic carbocycles. The Morgan fingerprint density at radius 2 is 1.90 bits per heavy atom. The summed E-state index contributed by atoms with van der Waals surface area (Å²) >= 11 is 1.58. The maximum atomic E-state index is 11.7. The van der Waals surface area contributed by atoms with Gasteiger partial charge in [0, 0.05) is 22.6 Å². The van der Waals surface area contributed by atoms with E-state index in [1.165, 1.54) is 0 Å². The lowest BCUT2D eigenvalue weighted by atomic mass is 10.0. The number of hydrogen-bond acceptors (Lipinski definition) is 4. The van der Waals surface area contributed by atoms with Crippen LogP contribution in [0.2, 0.25) is 0 Å². The molecule has 1 heterocycles. The standard InChI is InChI=1S/C14H20N2O4S/c1-8(7-13(18)19)6-12(17)16-14(20)15-10(3)11-5-4-9(2)21-11/h4-5,8,10H,6-7H2,1-3H3,(H,18,19)(H2,15,16,17,20). The summed E-state index contributed by atoms with van der Waals surface area (Å²) in [5, 5.41) is 13.5. The monoisotopic (exact) mass is 312 g/mol. The van der Waals surface area contributed by atoms with Crippen molar-refractivity contribution in [2.24, 2.45) is 5.92 Å². The SMILES string of the molecule is Cc1ccc(C(C)NC(=O)NC(=O)CC(C)CC(=O)O)s1. The van der Waals surface area contributed by atoms with Crippen LogP contribution in [0.5, 0.6) is 0 Å². The Morgan fingerprint density at radius 3 is 2.43 bits per heavy atom. The van der Waals surface area contributed by atoms with Crippen LogP contribution >= 0.6 is 11.3 Å². The summed E-state index contributed by atoms with van der Waals surface area (Å²) < 4.78 is 0. The molecule has 2 unspecified atom stereocenters. The third-order valence-corrected chi connectivity index (χ3v) is 4.03. The van der Waals surface area contributed by atoms with E-state index in [9.17, 15) is 14.4 Å². The van der Waals surface area contributed by atoms with Gasteiger partial charge in [-0.05, 0) is 31.9 Å². The maximum absolute atomic E-state index is 11.7. The van der Waals surface area contributed by atoms with E-state index in [0.717, 1.165) is 9.75 Å². The van der Waals surface area contributed by atoms with Crippen molar-refractivity contribution in [1.82, 2.24) is 10.6 Å². The number of aliphatic carboxylic acids is 1. The first-order valence-corrected chi connectivity index (χ1v) is 7.48. The molecule has 21 heavy (non-hydrogen) atoms. The van der Waals surface area contributed by atoms with Crippen molar-refractivity contribution in [2.45, 2.75) is 39.7 Å². The van der Waals surface area contributed by atoms with E-state index < -0.39 is 17.9 Å². The molecule has 0 aliphatic carbocycles. The molecule has 7 heteroatoms. The number of thiophene rings is 1. The van der Waals surface area contributed by atoms with E-state index in [4.69, 9.17) is 5.11 Å². The molecule has 0 fully saturated rings. The van der Waals surface area contributed by atoms with E-state index in [-0.39, 0.29) is 24.8 Å². The number of carboxylic acids is 1. The molecular weight excluding hydrogens is 292 g/mol. The molecule has 0 bridgehead atoms. The van der Waals surface area contributed by atoms with Gasteiger partial charge in [0.2, 0.25) is 5.91 Å². The highest BCUT2D eigenvalue weighted by molar-refractivity contribution is 7.12. The first-order valence-electron chi connectivity index (χ1n) is 6.66. The summed E-state index contributed by atoms with van der Waals surface area (Å²) in [6.07, 6.45) is -0.0911. The average molecular weight is 312 g/mol. The van der Waals surface area contributed by atoms with Gasteiger partial charge < -0.3 is 10.4 Å². The fraction of sp³-hybridized carbons (Fsp3) is 0.500. The predicted molar refractivity (Wildman–Crippen MR) is 80.2 cm³/mol. The smallest absolute Gasteiger partial charge is 0.321 e. The van der Waals surface area contributed by atoms with Gasteiger partial charge in [-0.15, -0.1) is 11.3 Å². The van der Waals surface area contributed by atoms with Crippen molar-refractivity contribution in [1.29, 1.82) is 0 Å². The first kappa shape index (κ1) is 17.2. The Morgan fingerprint density at radius 1 is 1.24 bits per heavy atom. The van der Waals surface area contributed by atoms with Crippen LogP contribution in [0, 0.1) is 12.8 Å². The number of hydrogen-bond donors (Lipinski definition) is 3. The molecule has 0 aliphatic rings. The molecule has 3 amide bonds. The summed E-state index contributed by atoms with van der Waals surface area (Å²) in [7, 11) is 0. The molecule has 1 aromatic heterocycles. The van der Waals surface area contributed by atoms with Crippen molar-refractivity contribution in [3.63, 3.8) is 0 Å². The van der Waals surface area contributed by atoms with Gasteiger partial charge in [-0.2, -0.15) is 0 Å². The van der Waals surface area contributed by atoms with Gasteiger partial charge >= 0.3 is 12.0 Å². The highest BCUT2D eigenvalue weighted by Gasteiger charge is 2.16. The molecule has 0 spiro atoms. The second-order valence-corrected chi connectivity index (χ2v) is 6.42. The molecule has 1 rings (SSSR count). The zero-order valence-corrected chi connectivity index (χ0v) is 13.1. The van der Waals surface area contributed by atoms with Gasteiger partial charge in [-0.25, -0.2) is 4.79 Å². The number of rotatable bonds is 6. The fourth-order valence-electron chi connectivity index (χ4n) is 1.85. The van der Waals surface area contributed by atoms with Crippen LogP contribution < -0.4 is 10.6 Å². The van der Waals surface area contributed by atoms with E-state index in [0.29, 0.717) is 0 Å². The molecule has 6 nitrogen and oxygen atoms in total. The van der Waals surface area contributed by atoms with Crippen molar-refractivity contribution in [3.8, 4) is 0 Å². The summed E-state index contributed by atoms with van der Waals surface area (Å²) in [5.74, 6) is -1.75. The molecule has 0 saturated carbocycles. The number of carbonyl (C=O) groups is 3. The van der Waals surface area contributed by atoms with Crippen LogP contribution in [0.25, 0.3) is 0 Å². The summed E-state index contributed by atoms with van der Waals surface area (Å²) in [4.78, 5) is 36.0. The summed E-state index contributed by atoms with van der Waals surface area (Å²) in [6.45, 7) is 5.47.